The number of anilines is 1. The van der Waals surface area contributed by atoms with Crippen LogP contribution in [0.25, 0.3) is 22.2 Å². The van der Waals surface area contributed by atoms with Crippen LogP contribution in [0, 0.1) is 5.82 Å². The van der Waals surface area contributed by atoms with Crippen LogP contribution < -0.4 is 10.9 Å². The molecule has 7 nitrogen and oxygen atoms in total. The molecule has 10 heteroatoms. The Balaban J connectivity index is 1.76. The minimum Gasteiger partial charge on any atom is -0.365 e. The Morgan fingerprint density at radius 1 is 1.17 bits per heavy atom. The molecule has 1 N–H and O–H groups in total. The van der Waals surface area contributed by atoms with E-state index in [9.17, 15) is 18.0 Å². The van der Waals surface area contributed by atoms with Crippen LogP contribution in [0.5, 0.6) is 0 Å². The van der Waals surface area contributed by atoms with Gasteiger partial charge in [-0.3, -0.25) is 9.36 Å². The highest BCUT2D eigenvalue weighted by Gasteiger charge is 2.17. The van der Waals surface area contributed by atoms with Crippen LogP contribution in [0.1, 0.15) is 17.6 Å². The zero-order chi connectivity index (χ0) is 21.3. The van der Waals surface area contributed by atoms with Crippen molar-refractivity contribution in [3.63, 3.8) is 0 Å². The van der Waals surface area contributed by atoms with Gasteiger partial charge in [-0.15, -0.1) is 0 Å². The Morgan fingerprint density at radius 3 is 2.73 bits per heavy atom. The first-order valence-electron chi connectivity index (χ1n) is 8.88. The summed E-state index contributed by atoms with van der Waals surface area (Å²) in [7, 11) is 1.57. The molecule has 0 aliphatic heterocycles. The average molecular weight is 412 g/mol. The lowest BCUT2D eigenvalue weighted by molar-refractivity contribution is 0.146. The molecule has 4 rings (SSSR count). The van der Waals surface area contributed by atoms with Gasteiger partial charge in [0, 0.05) is 30.3 Å². The zero-order valence-corrected chi connectivity index (χ0v) is 15.7. The average Bonchev–Trinajstić information content (AvgIpc) is 2.76. The van der Waals surface area contributed by atoms with Crippen molar-refractivity contribution in [3.8, 4) is 11.1 Å². The fraction of sp³-hybridized carbons (Fsp3) is 0.150. The molecule has 0 amide bonds. The van der Waals surface area contributed by atoms with Gasteiger partial charge in [0.1, 0.15) is 23.6 Å². The zero-order valence-electron chi connectivity index (χ0n) is 15.7. The lowest BCUT2D eigenvalue weighted by Crippen LogP contribution is -2.20. The summed E-state index contributed by atoms with van der Waals surface area (Å²) in [6.45, 7) is -0.0759. The lowest BCUT2D eigenvalue weighted by atomic mass is 10.1. The number of halogens is 3. The number of nitrogens with one attached hydrogen (secondary N) is 1. The van der Waals surface area contributed by atoms with Gasteiger partial charge < -0.3 is 5.32 Å². The minimum atomic E-state index is -2.91. The number of hydrogen-bond acceptors (Lipinski definition) is 6. The maximum atomic E-state index is 14.3. The highest BCUT2D eigenvalue weighted by molar-refractivity contribution is 5.90. The molecular formula is C20H15F3N6O. The molecule has 0 unspecified atom stereocenters. The molecule has 0 bridgehead atoms. The molecule has 0 aliphatic rings. The van der Waals surface area contributed by atoms with Gasteiger partial charge in [0.25, 0.3) is 12.0 Å². The fourth-order valence-electron chi connectivity index (χ4n) is 3.15. The number of alkyl halides is 2. The molecule has 0 aliphatic carbocycles. The van der Waals surface area contributed by atoms with Crippen molar-refractivity contribution in [2.75, 3.05) is 5.32 Å². The van der Waals surface area contributed by atoms with E-state index < -0.39 is 17.8 Å². The summed E-state index contributed by atoms with van der Waals surface area (Å²) in [5, 5.41) is 11.0. The van der Waals surface area contributed by atoms with Crippen LogP contribution in [-0.2, 0) is 13.6 Å². The summed E-state index contributed by atoms with van der Waals surface area (Å²) in [5.41, 5.74) is 0.433. The molecule has 0 spiro atoms. The van der Waals surface area contributed by atoms with Gasteiger partial charge in [0.05, 0.1) is 23.3 Å². The van der Waals surface area contributed by atoms with Gasteiger partial charge in [0.15, 0.2) is 0 Å². The first-order chi connectivity index (χ1) is 14.5. The quantitative estimate of drug-likeness (QED) is 0.540. The van der Waals surface area contributed by atoms with Crippen molar-refractivity contribution >= 4 is 16.9 Å². The molecule has 4 aromatic rings. The van der Waals surface area contributed by atoms with Crippen LogP contribution in [0.2, 0.25) is 0 Å². The second-order valence-corrected chi connectivity index (χ2v) is 6.49. The summed E-state index contributed by atoms with van der Waals surface area (Å²) in [4.78, 5) is 21.1. The Bertz CT molecular complexity index is 1280. The molecule has 0 atom stereocenters. The molecular weight excluding hydrogens is 397 g/mol. The topological polar surface area (TPSA) is 85.6 Å². The van der Waals surface area contributed by atoms with Crippen molar-refractivity contribution in [3.05, 3.63) is 76.4 Å². The standard InChI is InChI=1S/C20H15F3N6O/c1-29-19-15(7-14(20(29)30)11-5-6-27-28-9-11)18(25-10-26-19)24-8-12-3-2-4-13(16(12)21)17(22)23/h2-7,9-10,17H,8H2,1H3,(H,24,25,26). The number of aryl methyl sites for hydroxylation is 1. The Morgan fingerprint density at radius 2 is 2.00 bits per heavy atom. The van der Waals surface area contributed by atoms with Gasteiger partial charge in [0.2, 0.25) is 0 Å². The second-order valence-electron chi connectivity index (χ2n) is 6.49. The monoisotopic (exact) mass is 412 g/mol. The summed E-state index contributed by atoms with van der Waals surface area (Å²) < 4.78 is 41.6. The van der Waals surface area contributed by atoms with Gasteiger partial charge in [-0.2, -0.15) is 10.2 Å². The van der Waals surface area contributed by atoms with Gasteiger partial charge in [-0.1, -0.05) is 18.2 Å². The van der Waals surface area contributed by atoms with E-state index in [0.29, 0.717) is 28.0 Å². The van der Waals surface area contributed by atoms with Crippen LogP contribution >= 0.6 is 0 Å². The predicted octanol–water partition coefficient (Wildman–Crippen LogP) is 3.47. The van der Waals surface area contributed by atoms with Crippen molar-refractivity contribution in [2.45, 2.75) is 13.0 Å². The van der Waals surface area contributed by atoms with E-state index in [1.54, 1.807) is 19.2 Å². The highest BCUT2D eigenvalue weighted by atomic mass is 19.3. The van der Waals surface area contributed by atoms with Crippen LogP contribution in [-0.4, -0.2) is 24.7 Å². The van der Waals surface area contributed by atoms with Crippen molar-refractivity contribution < 1.29 is 13.2 Å². The first-order valence-corrected chi connectivity index (χ1v) is 8.88. The smallest absolute Gasteiger partial charge is 0.266 e. The van der Waals surface area contributed by atoms with Crippen molar-refractivity contribution in [1.29, 1.82) is 0 Å². The third-order valence-electron chi connectivity index (χ3n) is 4.69. The maximum absolute atomic E-state index is 14.3. The number of hydrogen-bond donors (Lipinski definition) is 1. The van der Waals surface area contributed by atoms with E-state index in [1.807, 2.05) is 0 Å². The minimum absolute atomic E-state index is 0.0722. The van der Waals surface area contributed by atoms with Gasteiger partial charge in [-0.25, -0.2) is 23.1 Å². The third-order valence-corrected chi connectivity index (χ3v) is 4.69. The highest BCUT2D eigenvalue weighted by Crippen LogP contribution is 2.26. The normalized spacial score (nSPS) is 11.2. The predicted molar refractivity (Wildman–Crippen MR) is 104 cm³/mol. The molecule has 0 fully saturated rings. The van der Waals surface area contributed by atoms with Crippen molar-refractivity contribution in [1.82, 2.24) is 24.7 Å². The van der Waals surface area contributed by atoms with Gasteiger partial charge in [-0.05, 0) is 12.1 Å². The van der Waals surface area contributed by atoms with E-state index in [4.69, 9.17) is 0 Å². The van der Waals surface area contributed by atoms with E-state index in [1.165, 1.54) is 35.4 Å². The van der Waals surface area contributed by atoms with E-state index in [2.05, 4.69) is 25.5 Å². The Hall–Kier alpha value is -3.82. The molecule has 3 heterocycles. The molecule has 3 aromatic heterocycles. The fourth-order valence-corrected chi connectivity index (χ4v) is 3.15. The molecule has 0 radical (unpaired) electrons. The lowest BCUT2D eigenvalue weighted by Gasteiger charge is -2.13. The van der Waals surface area contributed by atoms with E-state index in [-0.39, 0.29) is 17.7 Å². The van der Waals surface area contributed by atoms with Crippen LogP contribution in [0.4, 0.5) is 19.0 Å². The van der Waals surface area contributed by atoms with Crippen LogP contribution in [0.15, 0.2) is 53.8 Å². The summed E-state index contributed by atoms with van der Waals surface area (Å²) in [6, 6.07) is 7.11. The number of pyridine rings is 1. The number of benzene rings is 1. The first kappa shape index (κ1) is 19.5. The van der Waals surface area contributed by atoms with Gasteiger partial charge >= 0.3 is 0 Å². The largest absolute Gasteiger partial charge is 0.365 e. The molecule has 0 saturated carbocycles. The molecule has 152 valence electrons. The Labute approximate surface area is 168 Å². The summed E-state index contributed by atoms with van der Waals surface area (Å²) >= 11 is 0. The van der Waals surface area contributed by atoms with Crippen molar-refractivity contribution in [2.24, 2.45) is 7.05 Å². The van der Waals surface area contributed by atoms with Crippen LogP contribution in [0.3, 0.4) is 0 Å². The summed E-state index contributed by atoms with van der Waals surface area (Å²) in [5.74, 6) is -0.630. The SMILES string of the molecule is Cn1c(=O)c(-c2ccnnc2)cc2c(NCc3cccc(C(F)F)c3F)ncnc21. The number of fused-ring (bicyclic) bond motifs is 1. The third kappa shape index (κ3) is 3.47. The molecule has 0 saturated heterocycles. The molecule has 1 aromatic carbocycles. The number of nitrogens with zero attached hydrogens (tertiary/aromatic N) is 5. The second kappa shape index (κ2) is 7.90. The maximum Gasteiger partial charge on any atom is 0.266 e. The van der Waals surface area contributed by atoms with E-state index >= 15 is 0 Å². The number of aromatic nitrogens is 5. The summed E-state index contributed by atoms with van der Waals surface area (Å²) in [6.07, 6.45) is 1.29. The number of rotatable bonds is 5. The Kier molecular flexibility index (Phi) is 5.13. The molecule has 30 heavy (non-hydrogen) atoms. The van der Waals surface area contributed by atoms with E-state index in [0.717, 1.165) is 6.07 Å².